The number of nitrogens with zero attached hydrogens (tertiary/aromatic N) is 3. The van der Waals surface area contributed by atoms with Crippen LogP contribution in [-0.2, 0) is 21.6 Å². The van der Waals surface area contributed by atoms with Crippen molar-refractivity contribution in [3.8, 4) is 0 Å². The molecule has 1 aromatic rings. The second kappa shape index (κ2) is 4.01. The maximum Gasteiger partial charge on any atom is 0.153 e. The van der Waals surface area contributed by atoms with Gasteiger partial charge in [0.05, 0.1) is 30.4 Å². The van der Waals surface area contributed by atoms with E-state index in [0.29, 0.717) is 19.6 Å². The summed E-state index contributed by atoms with van der Waals surface area (Å²) in [5, 5.41) is 11.6. The lowest BCUT2D eigenvalue weighted by molar-refractivity contribution is -0.0810. The highest BCUT2D eigenvalue weighted by atomic mass is 32.2. The highest BCUT2D eigenvalue weighted by Gasteiger charge is 2.51. The second-order valence-corrected chi connectivity index (χ2v) is 7.09. The van der Waals surface area contributed by atoms with E-state index in [-0.39, 0.29) is 17.5 Å². The highest BCUT2D eigenvalue weighted by molar-refractivity contribution is 7.91. The summed E-state index contributed by atoms with van der Waals surface area (Å²) in [6.45, 7) is 1.23. The average Bonchev–Trinajstić information content (AvgIpc) is 2.85. The summed E-state index contributed by atoms with van der Waals surface area (Å²) in [4.78, 5) is 1.47. The molecule has 18 heavy (non-hydrogen) atoms. The number of ether oxygens (including phenoxy) is 1. The summed E-state index contributed by atoms with van der Waals surface area (Å²) in [6.07, 6.45) is 2.18. The zero-order valence-corrected chi connectivity index (χ0v) is 11.0. The molecule has 0 amide bonds. The number of aryl methyl sites for hydroxylation is 1. The molecule has 3 heterocycles. The number of rotatable bonds is 1. The second-order valence-electron chi connectivity index (χ2n) is 4.90. The summed E-state index contributed by atoms with van der Waals surface area (Å²) in [5.41, 5.74) is 0.0712. The molecule has 100 valence electrons. The first-order chi connectivity index (χ1) is 8.51. The van der Waals surface area contributed by atoms with Gasteiger partial charge in [0, 0.05) is 13.6 Å². The first-order valence-electron chi connectivity index (χ1n) is 5.95. The van der Waals surface area contributed by atoms with E-state index in [9.17, 15) is 8.42 Å². The van der Waals surface area contributed by atoms with E-state index in [1.165, 1.54) is 4.80 Å². The Morgan fingerprint density at radius 2 is 2.44 bits per heavy atom. The third kappa shape index (κ3) is 1.94. The van der Waals surface area contributed by atoms with Gasteiger partial charge in [0.15, 0.2) is 9.84 Å². The van der Waals surface area contributed by atoms with Crippen LogP contribution in [0.1, 0.15) is 18.2 Å². The first-order valence-corrected chi connectivity index (χ1v) is 7.77. The Morgan fingerprint density at radius 1 is 1.61 bits per heavy atom. The van der Waals surface area contributed by atoms with Gasteiger partial charge in [0.25, 0.3) is 0 Å². The van der Waals surface area contributed by atoms with Crippen molar-refractivity contribution in [1.29, 1.82) is 0 Å². The third-order valence-electron chi connectivity index (χ3n) is 3.58. The highest BCUT2D eigenvalue weighted by Crippen LogP contribution is 2.39. The van der Waals surface area contributed by atoms with E-state index in [1.54, 1.807) is 13.2 Å². The molecule has 2 atom stereocenters. The van der Waals surface area contributed by atoms with Crippen LogP contribution in [0.25, 0.3) is 0 Å². The van der Waals surface area contributed by atoms with Crippen molar-refractivity contribution in [3.05, 3.63) is 11.9 Å². The zero-order valence-electron chi connectivity index (χ0n) is 10.2. The number of hydrogen-bond acceptors (Lipinski definition) is 6. The lowest BCUT2D eigenvalue weighted by Crippen LogP contribution is -2.53. The Labute approximate surface area is 105 Å². The molecule has 1 N–H and O–H groups in total. The molecule has 2 aliphatic rings. The van der Waals surface area contributed by atoms with Crippen LogP contribution in [0, 0.1) is 0 Å². The van der Waals surface area contributed by atoms with Crippen LogP contribution < -0.4 is 5.32 Å². The number of hydrogen-bond donors (Lipinski definition) is 1. The van der Waals surface area contributed by atoms with Crippen LogP contribution in [0.3, 0.4) is 0 Å². The standard InChI is InChI=1S/C10H16N4O3S/c1-14-12-6-8(13-14)9-10(17-4-3-11-9)2-5-18(15,16)7-10/h6,9,11H,2-5,7H2,1H3. The van der Waals surface area contributed by atoms with E-state index in [0.717, 1.165) is 5.69 Å². The van der Waals surface area contributed by atoms with Gasteiger partial charge < -0.3 is 10.1 Å². The van der Waals surface area contributed by atoms with Crippen LogP contribution in [0.15, 0.2) is 6.20 Å². The van der Waals surface area contributed by atoms with Gasteiger partial charge >= 0.3 is 0 Å². The van der Waals surface area contributed by atoms with Gasteiger partial charge in [-0.1, -0.05) is 0 Å². The van der Waals surface area contributed by atoms with Crippen molar-refractivity contribution in [2.24, 2.45) is 7.05 Å². The van der Waals surface area contributed by atoms with Crippen LogP contribution in [0.2, 0.25) is 0 Å². The number of aromatic nitrogens is 3. The van der Waals surface area contributed by atoms with Crippen molar-refractivity contribution < 1.29 is 13.2 Å². The van der Waals surface area contributed by atoms with Crippen molar-refractivity contribution in [3.63, 3.8) is 0 Å². The quantitative estimate of drug-likeness (QED) is 0.708. The Morgan fingerprint density at radius 3 is 3.06 bits per heavy atom. The normalized spacial score (nSPS) is 35.1. The molecular weight excluding hydrogens is 256 g/mol. The Hall–Kier alpha value is -0.990. The molecule has 2 fully saturated rings. The van der Waals surface area contributed by atoms with Crippen LogP contribution in [0.4, 0.5) is 0 Å². The maximum absolute atomic E-state index is 11.7. The monoisotopic (exact) mass is 272 g/mol. The molecule has 3 rings (SSSR count). The maximum atomic E-state index is 11.7. The Bertz CT molecular complexity index is 555. The van der Waals surface area contributed by atoms with Gasteiger partial charge in [-0.05, 0) is 6.42 Å². The minimum absolute atomic E-state index is 0.0637. The molecule has 2 aliphatic heterocycles. The molecule has 8 heteroatoms. The van der Waals surface area contributed by atoms with E-state index in [1.807, 2.05) is 0 Å². The van der Waals surface area contributed by atoms with Crippen molar-refractivity contribution >= 4 is 9.84 Å². The van der Waals surface area contributed by atoms with Gasteiger partial charge in [-0.2, -0.15) is 15.0 Å². The molecule has 1 aromatic heterocycles. The molecule has 2 unspecified atom stereocenters. The number of sulfone groups is 1. The molecular formula is C10H16N4O3S. The summed E-state index contributed by atoms with van der Waals surface area (Å²) in [5.74, 6) is 0.250. The third-order valence-corrected chi connectivity index (χ3v) is 5.33. The number of nitrogens with one attached hydrogen (secondary N) is 1. The van der Waals surface area contributed by atoms with Crippen molar-refractivity contribution in [2.45, 2.75) is 18.1 Å². The van der Waals surface area contributed by atoms with Gasteiger partial charge in [0.2, 0.25) is 0 Å². The van der Waals surface area contributed by atoms with E-state index >= 15 is 0 Å². The van der Waals surface area contributed by atoms with Gasteiger partial charge in [0.1, 0.15) is 11.3 Å². The summed E-state index contributed by atoms with van der Waals surface area (Å²) >= 11 is 0. The topological polar surface area (TPSA) is 86.1 Å². The van der Waals surface area contributed by atoms with Crippen LogP contribution >= 0.6 is 0 Å². The fourth-order valence-corrected chi connectivity index (χ4v) is 4.72. The fourth-order valence-electron chi connectivity index (χ4n) is 2.78. The smallest absolute Gasteiger partial charge is 0.153 e. The lowest BCUT2D eigenvalue weighted by Gasteiger charge is -2.40. The van der Waals surface area contributed by atoms with E-state index < -0.39 is 15.4 Å². The molecule has 0 aromatic carbocycles. The first kappa shape index (κ1) is 12.1. The predicted octanol–water partition coefficient (Wildman–Crippen LogP) is -0.967. The van der Waals surface area contributed by atoms with Crippen LogP contribution in [-0.4, -0.2) is 53.7 Å². The van der Waals surface area contributed by atoms with Crippen molar-refractivity contribution in [2.75, 3.05) is 24.7 Å². The molecule has 1 spiro atoms. The van der Waals surface area contributed by atoms with Gasteiger partial charge in [-0.25, -0.2) is 8.42 Å². The van der Waals surface area contributed by atoms with Gasteiger partial charge in [-0.15, -0.1) is 0 Å². The van der Waals surface area contributed by atoms with E-state index in [2.05, 4.69) is 15.5 Å². The number of morpholine rings is 1. The van der Waals surface area contributed by atoms with E-state index in [4.69, 9.17) is 4.74 Å². The molecule has 0 bridgehead atoms. The zero-order chi connectivity index (χ0) is 12.8. The molecule has 2 saturated heterocycles. The molecule has 0 saturated carbocycles. The predicted molar refractivity (Wildman–Crippen MR) is 63.7 cm³/mol. The SMILES string of the molecule is Cn1ncc(C2NCCOC23CCS(=O)(=O)C3)n1. The fraction of sp³-hybridized carbons (Fsp3) is 0.800. The molecule has 0 radical (unpaired) electrons. The van der Waals surface area contributed by atoms with Crippen LogP contribution in [0.5, 0.6) is 0 Å². The summed E-state index contributed by atoms with van der Waals surface area (Å²) in [7, 11) is -1.27. The minimum Gasteiger partial charge on any atom is -0.371 e. The summed E-state index contributed by atoms with van der Waals surface area (Å²) in [6, 6.07) is -0.197. The Balaban J connectivity index is 1.96. The average molecular weight is 272 g/mol. The van der Waals surface area contributed by atoms with Gasteiger partial charge in [-0.3, -0.25) is 0 Å². The lowest BCUT2D eigenvalue weighted by atomic mass is 9.90. The van der Waals surface area contributed by atoms with Crippen molar-refractivity contribution in [1.82, 2.24) is 20.3 Å². The largest absolute Gasteiger partial charge is 0.371 e. The summed E-state index contributed by atoms with van der Waals surface area (Å²) < 4.78 is 29.3. The minimum atomic E-state index is -3.01. The molecule has 0 aliphatic carbocycles. The Kier molecular flexibility index (Phi) is 2.68. The molecule has 7 nitrogen and oxygen atoms in total.